The van der Waals surface area contributed by atoms with Gasteiger partial charge in [-0.2, -0.15) is 0 Å². The number of amides is 1. The van der Waals surface area contributed by atoms with E-state index in [4.69, 9.17) is 4.74 Å². The molecule has 2 unspecified atom stereocenters. The van der Waals surface area contributed by atoms with Gasteiger partial charge in [-0.1, -0.05) is 6.92 Å². The standard InChI is InChI=1S/C15H24N4O2/c1-4-10(2)17-14-8-13(18-11(3)19-14)15(20)16-9-12-6-5-7-21-12/h8,10,12H,4-7,9H2,1-3H3,(H,16,20)(H,17,18,19). The van der Waals surface area contributed by atoms with Crippen LogP contribution in [0.25, 0.3) is 0 Å². The molecule has 0 bridgehead atoms. The summed E-state index contributed by atoms with van der Waals surface area (Å²) < 4.78 is 5.49. The van der Waals surface area contributed by atoms with Gasteiger partial charge in [0.15, 0.2) is 0 Å². The van der Waals surface area contributed by atoms with Gasteiger partial charge in [-0.15, -0.1) is 0 Å². The lowest BCUT2D eigenvalue weighted by Crippen LogP contribution is -2.32. The van der Waals surface area contributed by atoms with Crippen LogP contribution in [0.3, 0.4) is 0 Å². The fourth-order valence-electron chi connectivity index (χ4n) is 2.21. The van der Waals surface area contributed by atoms with Crippen LogP contribution in [-0.2, 0) is 4.74 Å². The molecule has 2 atom stereocenters. The lowest BCUT2D eigenvalue weighted by Gasteiger charge is -2.14. The van der Waals surface area contributed by atoms with Crippen LogP contribution in [0, 0.1) is 6.92 Å². The van der Waals surface area contributed by atoms with E-state index in [0.717, 1.165) is 25.9 Å². The van der Waals surface area contributed by atoms with Gasteiger partial charge >= 0.3 is 0 Å². The van der Waals surface area contributed by atoms with Crippen molar-refractivity contribution < 1.29 is 9.53 Å². The Hall–Kier alpha value is -1.69. The molecule has 0 aliphatic carbocycles. The second-order valence-corrected chi connectivity index (χ2v) is 5.48. The fraction of sp³-hybridized carbons (Fsp3) is 0.667. The van der Waals surface area contributed by atoms with Crippen LogP contribution in [0.5, 0.6) is 0 Å². The Balaban J connectivity index is 1.98. The highest BCUT2D eigenvalue weighted by Gasteiger charge is 2.17. The van der Waals surface area contributed by atoms with E-state index in [1.807, 2.05) is 0 Å². The number of rotatable bonds is 6. The third-order valence-corrected chi connectivity index (χ3v) is 3.59. The molecule has 2 heterocycles. The first-order chi connectivity index (χ1) is 10.1. The second kappa shape index (κ2) is 7.36. The van der Waals surface area contributed by atoms with E-state index in [1.54, 1.807) is 13.0 Å². The molecule has 0 radical (unpaired) electrons. The zero-order chi connectivity index (χ0) is 15.2. The maximum absolute atomic E-state index is 12.2. The number of nitrogens with zero attached hydrogens (tertiary/aromatic N) is 2. The summed E-state index contributed by atoms with van der Waals surface area (Å²) in [5.41, 5.74) is 0.395. The summed E-state index contributed by atoms with van der Waals surface area (Å²) in [6, 6.07) is 2.01. The van der Waals surface area contributed by atoms with Crippen molar-refractivity contribution in [1.82, 2.24) is 15.3 Å². The molecule has 0 saturated carbocycles. The van der Waals surface area contributed by atoms with E-state index in [0.29, 0.717) is 29.9 Å². The van der Waals surface area contributed by atoms with Crippen LogP contribution in [0.4, 0.5) is 5.82 Å². The minimum atomic E-state index is -0.178. The molecule has 1 amide bonds. The average molecular weight is 292 g/mol. The number of anilines is 1. The van der Waals surface area contributed by atoms with Crippen LogP contribution >= 0.6 is 0 Å². The number of aromatic nitrogens is 2. The summed E-state index contributed by atoms with van der Waals surface area (Å²) in [5.74, 6) is 1.10. The Morgan fingerprint density at radius 2 is 2.33 bits per heavy atom. The Morgan fingerprint density at radius 3 is 3.00 bits per heavy atom. The molecule has 0 aromatic carbocycles. The number of aryl methyl sites for hydroxylation is 1. The molecule has 6 heteroatoms. The first kappa shape index (κ1) is 15.7. The van der Waals surface area contributed by atoms with E-state index >= 15 is 0 Å². The lowest BCUT2D eigenvalue weighted by atomic mass is 10.2. The highest BCUT2D eigenvalue weighted by molar-refractivity contribution is 5.92. The van der Waals surface area contributed by atoms with Gasteiger partial charge in [-0.05, 0) is 33.1 Å². The molecule has 21 heavy (non-hydrogen) atoms. The monoisotopic (exact) mass is 292 g/mol. The summed E-state index contributed by atoms with van der Waals surface area (Å²) in [7, 11) is 0. The van der Waals surface area contributed by atoms with Crippen molar-refractivity contribution in [2.75, 3.05) is 18.5 Å². The number of carbonyl (C=O) groups is 1. The van der Waals surface area contributed by atoms with Gasteiger partial charge in [0.25, 0.3) is 5.91 Å². The van der Waals surface area contributed by atoms with Crippen LogP contribution < -0.4 is 10.6 Å². The molecule has 6 nitrogen and oxygen atoms in total. The average Bonchev–Trinajstić information content (AvgIpc) is 2.97. The highest BCUT2D eigenvalue weighted by atomic mass is 16.5. The topological polar surface area (TPSA) is 76.1 Å². The molecule has 1 aliphatic rings. The molecule has 1 aromatic heterocycles. The molecular formula is C15H24N4O2. The number of hydrogen-bond acceptors (Lipinski definition) is 5. The van der Waals surface area contributed by atoms with Crippen LogP contribution in [-0.4, -0.2) is 41.2 Å². The Bertz CT molecular complexity index is 487. The Morgan fingerprint density at radius 1 is 1.52 bits per heavy atom. The van der Waals surface area contributed by atoms with Gasteiger partial charge in [0.2, 0.25) is 0 Å². The summed E-state index contributed by atoms with van der Waals surface area (Å²) >= 11 is 0. The normalized spacial score (nSPS) is 19.3. The minimum absolute atomic E-state index is 0.134. The fourth-order valence-corrected chi connectivity index (χ4v) is 2.21. The van der Waals surface area contributed by atoms with Gasteiger partial charge < -0.3 is 15.4 Å². The SMILES string of the molecule is CCC(C)Nc1cc(C(=O)NCC2CCCO2)nc(C)n1. The van der Waals surface area contributed by atoms with Gasteiger partial charge in [0.05, 0.1) is 6.10 Å². The van der Waals surface area contributed by atoms with Crippen molar-refractivity contribution in [1.29, 1.82) is 0 Å². The van der Waals surface area contributed by atoms with Crippen molar-refractivity contribution in [3.8, 4) is 0 Å². The zero-order valence-corrected chi connectivity index (χ0v) is 13.0. The summed E-state index contributed by atoms with van der Waals surface area (Å²) in [5, 5.41) is 6.15. The molecular weight excluding hydrogens is 268 g/mol. The molecule has 1 saturated heterocycles. The maximum Gasteiger partial charge on any atom is 0.270 e. The van der Waals surface area contributed by atoms with Crippen molar-refractivity contribution in [3.63, 3.8) is 0 Å². The second-order valence-electron chi connectivity index (χ2n) is 5.48. The highest BCUT2D eigenvalue weighted by Crippen LogP contribution is 2.12. The predicted octanol–water partition coefficient (Wildman–Crippen LogP) is 1.90. The van der Waals surface area contributed by atoms with Crippen molar-refractivity contribution in [2.24, 2.45) is 0 Å². The van der Waals surface area contributed by atoms with Gasteiger partial charge in [0.1, 0.15) is 17.3 Å². The molecule has 116 valence electrons. The number of carbonyl (C=O) groups excluding carboxylic acids is 1. The molecule has 0 spiro atoms. The minimum Gasteiger partial charge on any atom is -0.376 e. The Kier molecular flexibility index (Phi) is 5.50. The van der Waals surface area contributed by atoms with Crippen molar-refractivity contribution in [3.05, 3.63) is 17.6 Å². The van der Waals surface area contributed by atoms with E-state index in [-0.39, 0.29) is 12.0 Å². The number of hydrogen-bond donors (Lipinski definition) is 2. The molecule has 1 fully saturated rings. The Labute approximate surface area is 125 Å². The maximum atomic E-state index is 12.2. The van der Waals surface area contributed by atoms with E-state index in [1.165, 1.54) is 0 Å². The largest absolute Gasteiger partial charge is 0.376 e. The smallest absolute Gasteiger partial charge is 0.270 e. The van der Waals surface area contributed by atoms with E-state index in [9.17, 15) is 4.79 Å². The first-order valence-corrected chi connectivity index (χ1v) is 7.60. The quantitative estimate of drug-likeness (QED) is 0.837. The molecule has 2 N–H and O–H groups in total. The third-order valence-electron chi connectivity index (χ3n) is 3.59. The zero-order valence-electron chi connectivity index (χ0n) is 13.0. The number of nitrogens with one attached hydrogen (secondary N) is 2. The van der Waals surface area contributed by atoms with Gasteiger partial charge in [-0.3, -0.25) is 4.79 Å². The van der Waals surface area contributed by atoms with Crippen LogP contribution in [0.1, 0.15) is 49.4 Å². The summed E-state index contributed by atoms with van der Waals surface area (Å²) in [6.07, 6.45) is 3.19. The first-order valence-electron chi connectivity index (χ1n) is 7.60. The van der Waals surface area contributed by atoms with Crippen LogP contribution in [0.2, 0.25) is 0 Å². The van der Waals surface area contributed by atoms with E-state index in [2.05, 4.69) is 34.4 Å². The summed E-state index contributed by atoms with van der Waals surface area (Å²) in [6.45, 7) is 7.29. The number of ether oxygens (including phenoxy) is 1. The molecule has 1 aliphatic heterocycles. The molecule has 1 aromatic rings. The predicted molar refractivity (Wildman–Crippen MR) is 81.5 cm³/mol. The van der Waals surface area contributed by atoms with Crippen molar-refractivity contribution >= 4 is 11.7 Å². The van der Waals surface area contributed by atoms with Gasteiger partial charge in [0, 0.05) is 25.3 Å². The molecule has 2 rings (SSSR count). The lowest BCUT2D eigenvalue weighted by molar-refractivity contribution is 0.0853. The van der Waals surface area contributed by atoms with Gasteiger partial charge in [-0.25, -0.2) is 9.97 Å². The third kappa shape index (κ3) is 4.67. The summed E-state index contributed by atoms with van der Waals surface area (Å²) in [4.78, 5) is 20.7. The van der Waals surface area contributed by atoms with Crippen LogP contribution in [0.15, 0.2) is 6.07 Å². The van der Waals surface area contributed by atoms with E-state index < -0.39 is 0 Å². The van der Waals surface area contributed by atoms with Crippen molar-refractivity contribution in [2.45, 2.75) is 52.2 Å².